The minimum absolute atomic E-state index is 0.0791. The van der Waals surface area contributed by atoms with Crippen LogP contribution in [0, 0.1) is 0 Å². The zero-order valence-electron chi connectivity index (χ0n) is 15.0. The van der Waals surface area contributed by atoms with Gasteiger partial charge < -0.3 is 10.0 Å². The van der Waals surface area contributed by atoms with Gasteiger partial charge in [-0.3, -0.25) is 9.78 Å². The minimum Gasteiger partial charge on any atom is -0.388 e. The van der Waals surface area contributed by atoms with E-state index in [0.29, 0.717) is 18.7 Å². The molecule has 1 heterocycles. The first-order valence-electron chi connectivity index (χ1n) is 9.24. The molecule has 0 spiro atoms. The Kier molecular flexibility index (Phi) is 4.99. The molecule has 0 fully saturated rings. The van der Waals surface area contributed by atoms with Gasteiger partial charge in [0, 0.05) is 18.8 Å². The lowest BCUT2D eigenvalue weighted by molar-refractivity contribution is 0.0520. The van der Waals surface area contributed by atoms with E-state index in [1.165, 1.54) is 0 Å². The maximum Gasteiger partial charge on any atom is 0.273 e. The Hall–Kier alpha value is -2.98. The first-order chi connectivity index (χ1) is 13.2. The van der Waals surface area contributed by atoms with Crippen LogP contribution in [-0.4, -0.2) is 26.9 Å². The number of hydrogen-bond donors (Lipinski definition) is 1. The lowest BCUT2D eigenvalue weighted by Crippen LogP contribution is -2.44. The van der Waals surface area contributed by atoms with Gasteiger partial charge in [0.2, 0.25) is 0 Å². The Labute approximate surface area is 159 Å². The van der Waals surface area contributed by atoms with Gasteiger partial charge >= 0.3 is 0 Å². The summed E-state index contributed by atoms with van der Waals surface area (Å²) in [6.45, 7) is 0.496. The van der Waals surface area contributed by atoms with Crippen LogP contribution in [0.15, 0.2) is 79.0 Å². The summed E-state index contributed by atoms with van der Waals surface area (Å²) in [7, 11) is 0. The zero-order valence-corrected chi connectivity index (χ0v) is 15.0. The number of aliphatic hydroxyl groups is 1. The van der Waals surface area contributed by atoms with Gasteiger partial charge in [-0.25, -0.2) is 0 Å². The number of aliphatic hydroxyl groups excluding tert-OH is 1. The fourth-order valence-electron chi connectivity index (χ4n) is 3.79. The van der Waals surface area contributed by atoms with E-state index in [1.54, 1.807) is 18.3 Å². The van der Waals surface area contributed by atoms with Crippen LogP contribution in [-0.2, 0) is 13.0 Å². The van der Waals surface area contributed by atoms with Gasteiger partial charge in [-0.15, -0.1) is 0 Å². The average Bonchev–Trinajstić information content (AvgIpc) is 2.73. The van der Waals surface area contributed by atoms with Gasteiger partial charge in [0.15, 0.2) is 0 Å². The summed E-state index contributed by atoms with van der Waals surface area (Å²) in [4.78, 5) is 19.4. The fraction of sp³-hybridized carbons (Fsp3) is 0.217. The highest BCUT2D eigenvalue weighted by Crippen LogP contribution is 2.33. The number of rotatable bonds is 4. The van der Waals surface area contributed by atoms with E-state index in [1.807, 2.05) is 65.6 Å². The molecule has 1 N–H and O–H groups in total. The van der Waals surface area contributed by atoms with Crippen molar-refractivity contribution in [2.45, 2.75) is 31.5 Å². The number of fused-ring (bicyclic) bond motifs is 1. The molecule has 4 heteroatoms. The second-order valence-electron chi connectivity index (χ2n) is 6.94. The van der Waals surface area contributed by atoms with Crippen LogP contribution < -0.4 is 0 Å². The van der Waals surface area contributed by atoms with Gasteiger partial charge in [-0.2, -0.15) is 0 Å². The number of benzene rings is 2. The Morgan fingerprint density at radius 2 is 1.74 bits per heavy atom. The van der Waals surface area contributed by atoms with Crippen LogP contribution in [0.2, 0.25) is 0 Å². The largest absolute Gasteiger partial charge is 0.388 e. The van der Waals surface area contributed by atoms with E-state index in [2.05, 4.69) is 4.98 Å². The second-order valence-corrected chi connectivity index (χ2v) is 6.94. The van der Waals surface area contributed by atoms with E-state index in [4.69, 9.17) is 0 Å². The lowest BCUT2D eigenvalue weighted by atomic mass is 9.85. The molecule has 4 nitrogen and oxygen atoms in total. The van der Waals surface area contributed by atoms with Gasteiger partial charge in [0.1, 0.15) is 5.69 Å². The summed E-state index contributed by atoms with van der Waals surface area (Å²) >= 11 is 0. The molecular formula is C23H22N2O2. The van der Waals surface area contributed by atoms with Crippen molar-refractivity contribution < 1.29 is 9.90 Å². The minimum atomic E-state index is -0.560. The van der Waals surface area contributed by atoms with Crippen molar-refractivity contribution in [1.29, 1.82) is 0 Å². The lowest BCUT2D eigenvalue weighted by Gasteiger charge is -2.37. The Morgan fingerprint density at radius 1 is 1.00 bits per heavy atom. The summed E-state index contributed by atoms with van der Waals surface area (Å²) in [5.74, 6) is -0.101. The van der Waals surface area contributed by atoms with Crippen LogP contribution in [0.25, 0.3) is 0 Å². The first-order valence-corrected chi connectivity index (χ1v) is 9.24. The highest BCUT2D eigenvalue weighted by atomic mass is 16.3. The molecule has 4 rings (SSSR count). The number of pyridine rings is 1. The number of nitrogens with zero attached hydrogens (tertiary/aromatic N) is 2. The summed E-state index contributed by atoms with van der Waals surface area (Å²) < 4.78 is 0. The molecule has 0 radical (unpaired) electrons. The molecule has 27 heavy (non-hydrogen) atoms. The first kappa shape index (κ1) is 17.4. The molecule has 0 saturated carbocycles. The number of carbonyl (C=O) groups excluding carboxylic acids is 1. The van der Waals surface area contributed by atoms with Gasteiger partial charge in [0.05, 0.1) is 6.10 Å². The number of amides is 1. The van der Waals surface area contributed by atoms with Crippen LogP contribution >= 0.6 is 0 Å². The van der Waals surface area contributed by atoms with Crippen LogP contribution in [0.4, 0.5) is 0 Å². The molecule has 0 aliphatic heterocycles. The highest BCUT2D eigenvalue weighted by molar-refractivity contribution is 5.92. The molecule has 2 atom stereocenters. The third-order valence-corrected chi connectivity index (χ3v) is 5.15. The standard InChI is InChI=1S/C23H22N2O2/c26-22-15-19(14-18-10-4-5-11-20(18)22)25(16-17-8-2-1-3-9-17)23(27)21-12-6-7-13-24-21/h1-13,19,22,26H,14-16H2. The van der Waals surface area contributed by atoms with Gasteiger partial charge in [-0.05, 0) is 41.7 Å². The molecule has 0 saturated heterocycles. The molecule has 1 amide bonds. The van der Waals surface area contributed by atoms with E-state index >= 15 is 0 Å². The number of hydrogen-bond acceptors (Lipinski definition) is 3. The van der Waals surface area contributed by atoms with Crippen molar-refractivity contribution in [3.05, 3.63) is 101 Å². The maximum atomic E-state index is 13.2. The Bertz CT molecular complexity index is 912. The SMILES string of the molecule is O=C(c1ccccn1)N(Cc1ccccc1)C1Cc2ccccc2C(O)C1. The zero-order chi connectivity index (χ0) is 18.6. The van der Waals surface area contributed by atoms with E-state index in [0.717, 1.165) is 23.1 Å². The van der Waals surface area contributed by atoms with Crippen molar-refractivity contribution in [2.75, 3.05) is 0 Å². The summed E-state index contributed by atoms with van der Waals surface area (Å²) in [6.07, 6.45) is 2.34. The molecule has 0 bridgehead atoms. The maximum absolute atomic E-state index is 13.2. The van der Waals surface area contributed by atoms with Gasteiger partial charge in [-0.1, -0.05) is 60.7 Å². The summed E-state index contributed by atoms with van der Waals surface area (Å²) in [6, 6.07) is 23.2. The van der Waals surface area contributed by atoms with E-state index < -0.39 is 6.10 Å². The second kappa shape index (κ2) is 7.72. The normalized spacial score (nSPS) is 18.6. The molecule has 2 unspecified atom stereocenters. The van der Waals surface area contributed by atoms with E-state index in [-0.39, 0.29) is 11.9 Å². The smallest absolute Gasteiger partial charge is 0.273 e. The van der Waals surface area contributed by atoms with Crippen molar-refractivity contribution in [1.82, 2.24) is 9.88 Å². The van der Waals surface area contributed by atoms with Crippen molar-refractivity contribution in [3.8, 4) is 0 Å². The third kappa shape index (κ3) is 3.76. The molecule has 3 aromatic rings. The molecule has 2 aromatic carbocycles. The molecule has 1 aliphatic rings. The Balaban J connectivity index is 1.67. The van der Waals surface area contributed by atoms with Crippen LogP contribution in [0.5, 0.6) is 0 Å². The number of carbonyl (C=O) groups is 1. The van der Waals surface area contributed by atoms with E-state index in [9.17, 15) is 9.90 Å². The number of aromatic nitrogens is 1. The quantitative estimate of drug-likeness (QED) is 0.772. The Morgan fingerprint density at radius 3 is 2.52 bits per heavy atom. The summed E-state index contributed by atoms with van der Waals surface area (Å²) in [5.41, 5.74) is 3.57. The van der Waals surface area contributed by atoms with Crippen LogP contribution in [0.3, 0.4) is 0 Å². The topological polar surface area (TPSA) is 53.4 Å². The summed E-state index contributed by atoms with van der Waals surface area (Å²) in [5, 5.41) is 10.6. The highest BCUT2D eigenvalue weighted by Gasteiger charge is 2.32. The average molecular weight is 358 g/mol. The molecular weight excluding hydrogens is 336 g/mol. The predicted octanol–water partition coefficient (Wildman–Crippen LogP) is 3.77. The molecule has 136 valence electrons. The molecule has 1 aromatic heterocycles. The van der Waals surface area contributed by atoms with Crippen molar-refractivity contribution in [2.24, 2.45) is 0 Å². The van der Waals surface area contributed by atoms with Crippen molar-refractivity contribution in [3.63, 3.8) is 0 Å². The van der Waals surface area contributed by atoms with Crippen molar-refractivity contribution >= 4 is 5.91 Å². The molecule has 1 aliphatic carbocycles. The van der Waals surface area contributed by atoms with Gasteiger partial charge in [0.25, 0.3) is 5.91 Å². The van der Waals surface area contributed by atoms with Crippen LogP contribution in [0.1, 0.15) is 39.7 Å². The monoisotopic (exact) mass is 358 g/mol. The third-order valence-electron chi connectivity index (χ3n) is 5.15. The fourth-order valence-corrected chi connectivity index (χ4v) is 3.79. The predicted molar refractivity (Wildman–Crippen MR) is 104 cm³/mol.